The van der Waals surface area contributed by atoms with Gasteiger partial charge in [0.25, 0.3) is 11.1 Å². The van der Waals surface area contributed by atoms with Crippen LogP contribution in [0.4, 0.5) is 15.3 Å². The molecule has 0 aliphatic carbocycles. The molecule has 2 atom stereocenters. The molecule has 0 radical (unpaired) electrons. The molecule has 0 spiro atoms. The van der Waals surface area contributed by atoms with E-state index in [0.29, 0.717) is 17.9 Å². The van der Waals surface area contributed by atoms with E-state index < -0.39 is 28.7 Å². The first-order valence-electron chi connectivity index (χ1n) is 9.75. The van der Waals surface area contributed by atoms with E-state index in [0.717, 1.165) is 22.2 Å². The molecule has 0 saturated carbocycles. The lowest BCUT2D eigenvalue weighted by Gasteiger charge is -2.22. The average Bonchev–Trinajstić information content (AvgIpc) is 3.07. The summed E-state index contributed by atoms with van der Waals surface area (Å²) in [7, 11) is 0. The van der Waals surface area contributed by atoms with Crippen LogP contribution >= 0.6 is 11.8 Å². The Morgan fingerprint density at radius 1 is 1.22 bits per heavy atom. The number of aromatic hydroxyl groups is 1. The smallest absolute Gasteiger partial charge is 0.407 e. The van der Waals surface area contributed by atoms with Gasteiger partial charge in [-0.15, -0.1) is 0 Å². The first-order chi connectivity index (χ1) is 15.3. The molecular weight excluding hydrogens is 438 g/mol. The van der Waals surface area contributed by atoms with Crippen LogP contribution in [0.1, 0.15) is 5.56 Å². The van der Waals surface area contributed by atoms with Crippen LogP contribution in [0.2, 0.25) is 0 Å². The summed E-state index contributed by atoms with van der Waals surface area (Å²) in [6.45, 7) is -0.0840. The van der Waals surface area contributed by atoms with Crippen LogP contribution in [-0.4, -0.2) is 68.6 Å². The van der Waals surface area contributed by atoms with Crippen LogP contribution in [0.15, 0.2) is 48.5 Å². The largest absolute Gasteiger partial charge is 0.508 e. The summed E-state index contributed by atoms with van der Waals surface area (Å²) in [5.41, 5.74) is 1.53. The molecule has 2 aromatic rings. The number of rotatable bonds is 10. The summed E-state index contributed by atoms with van der Waals surface area (Å²) >= 11 is 0.870. The SMILES string of the molecule is O=C1NC(=O)C(Nc2ccc(CCN(C[C@H](O)COc3cccc(O)c3)C(=O)O)cc2)S1. The molecule has 1 aliphatic rings. The minimum atomic E-state index is -1.16. The number of aliphatic hydroxyl groups excluding tert-OH is 1. The number of anilines is 1. The van der Waals surface area contributed by atoms with Gasteiger partial charge in [-0.3, -0.25) is 14.9 Å². The Balaban J connectivity index is 1.46. The second kappa shape index (κ2) is 10.7. The summed E-state index contributed by atoms with van der Waals surface area (Å²) in [5, 5.41) is 33.1. The summed E-state index contributed by atoms with van der Waals surface area (Å²) in [6, 6.07) is 13.2. The van der Waals surface area contributed by atoms with E-state index in [4.69, 9.17) is 4.74 Å². The molecule has 1 unspecified atom stereocenters. The van der Waals surface area contributed by atoms with Crippen molar-refractivity contribution in [2.24, 2.45) is 0 Å². The first kappa shape index (κ1) is 23.2. The lowest BCUT2D eigenvalue weighted by molar-refractivity contribution is -0.118. The van der Waals surface area contributed by atoms with Gasteiger partial charge in [0.2, 0.25) is 0 Å². The van der Waals surface area contributed by atoms with E-state index >= 15 is 0 Å². The normalized spacial score (nSPS) is 16.3. The fourth-order valence-electron chi connectivity index (χ4n) is 2.97. The highest BCUT2D eigenvalue weighted by molar-refractivity contribution is 8.15. The third-order valence-electron chi connectivity index (χ3n) is 4.57. The molecule has 1 aliphatic heterocycles. The predicted molar refractivity (Wildman–Crippen MR) is 118 cm³/mol. The highest BCUT2D eigenvalue weighted by Gasteiger charge is 2.31. The van der Waals surface area contributed by atoms with Gasteiger partial charge in [-0.2, -0.15) is 0 Å². The summed E-state index contributed by atoms with van der Waals surface area (Å²) in [5.74, 6) is 0.00868. The molecule has 32 heavy (non-hydrogen) atoms. The Hall–Kier alpha value is -3.44. The number of phenols is 1. The van der Waals surface area contributed by atoms with Gasteiger partial charge < -0.3 is 30.3 Å². The molecule has 3 amide bonds. The Morgan fingerprint density at radius 3 is 2.59 bits per heavy atom. The summed E-state index contributed by atoms with van der Waals surface area (Å²) < 4.78 is 5.39. The van der Waals surface area contributed by atoms with Crippen molar-refractivity contribution in [3.8, 4) is 11.5 Å². The van der Waals surface area contributed by atoms with Crippen molar-refractivity contribution in [3.63, 3.8) is 0 Å². The van der Waals surface area contributed by atoms with Crippen LogP contribution in [0.25, 0.3) is 0 Å². The lowest BCUT2D eigenvalue weighted by atomic mass is 10.1. The second-order valence-corrected chi connectivity index (χ2v) is 8.13. The second-order valence-electron chi connectivity index (χ2n) is 7.06. The van der Waals surface area contributed by atoms with E-state index in [1.54, 1.807) is 36.4 Å². The van der Waals surface area contributed by atoms with Crippen molar-refractivity contribution in [1.82, 2.24) is 10.2 Å². The monoisotopic (exact) mass is 461 g/mol. The summed E-state index contributed by atoms with van der Waals surface area (Å²) in [4.78, 5) is 35.5. The zero-order chi connectivity index (χ0) is 23.1. The predicted octanol–water partition coefficient (Wildman–Crippen LogP) is 2.08. The molecule has 3 rings (SSSR count). The van der Waals surface area contributed by atoms with Gasteiger partial charge in [0.15, 0.2) is 5.37 Å². The number of carbonyl (C=O) groups excluding carboxylic acids is 2. The minimum Gasteiger partial charge on any atom is -0.508 e. The van der Waals surface area contributed by atoms with Gasteiger partial charge in [-0.25, -0.2) is 4.79 Å². The quantitative estimate of drug-likeness (QED) is 0.358. The van der Waals surface area contributed by atoms with Gasteiger partial charge in [-0.1, -0.05) is 18.2 Å². The van der Waals surface area contributed by atoms with Crippen molar-refractivity contribution in [2.75, 3.05) is 25.0 Å². The fourth-order valence-corrected chi connectivity index (χ4v) is 3.71. The maximum Gasteiger partial charge on any atom is 0.407 e. The number of carboxylic acid groups (broad SMARTS) is 1. The molecule has 1 saturated heterocycles. The maximum atomic E-state index is 11.6. The summed E-state index contributed by atoms with van der Waals surface area (Å²) in [6.07, 6.45) is -1.78. The molecule has 11 heteroatoms. The highest BCUT2D eigenvalue weighted by Crippen LogP contribution is 2.22. The number of aliphatic hydroxyl groups is 1. The number of nitrogens with zero attached hydrogens (tertiary/aromatic N) is 1. The van der Waals surface area contributed by atoms with Crippen molar-refractivity contribution in [1.29, 1.82) is 0 Å². The van der Waals surface area contributed by atoms with Crippen LogP contribution < -0.4 is 15.4 Å². The minimum absolute atomic E-state index is 0.0316. The van der Waals surface area contributed by atoms with Gasteiger partial charge in [0, 0.05) is 18.3 Å². The number of carbonyl (C=O) groups is 3. The van der Waals surface area contributed by atoms with Crippen molar-refractivity contribution in [2.45, 2.75) is 17.9 Å². The van der Waals surface area contributed by atoms with E-state index in [1.807, 2.05) is 0 Å². The number of amides is 3. The number of phenolic OH excluding ortho intramolecular Hbond substituents is 1. The van der Waals surface area contributed by atoms with E-state index in [-0.39, 0.29) is 25.4 Å². The molecule has 1 heterocycles. The van der Waals surface area contributed by atoms with Gasteiger partial charge >= 0.3 is 6.09 Å². The molecule has 5 N–H and O–H groups in total. The number of imide groups is 1. The number of ether oxygens (including phenoxy) is 1. The standard InChI is InChI=1S/C21H23N3O7S/c25-15-2-1-3-17(10-15)31-12-16(26)11-24(21(29)30)9-8-13-4-6-14(7-5-13)22-19-18(27)23-20(28)32-19/h1-7,10,16,19,22,25-26H,8-9,11-12H2,(H,29,30)(H,23,27,28)/t16-,19?/m0/s1. The lowest BCUT2D eigenvalue weighted by Crippen LogP contribution is -2.40. The van der Waals surface area contributed by atoms with Crippen molar-refractivity contribution in [3.05, 3.63) is 54.1 Å². The number of hydrogen-bond acceptors (Lipinski definition) is 8. The van der Waals surface area contributed by atoms with Gasteiger partial charge in [-0.05, 0) is 48.0 Å². The Labute approximate surface area is 188 Å². The number of benzene rings is 2. The van der Waals surface area contributed by atoms with Crippen molar-refractivity contribution < 1.29 is 34.4 Å². The maximum absolute atomic E-state index is 11.6. The van der Waals surface area contributed by atoms with Crippen LogP contribution in [0.5, 0.6) is 11.5 Å². The van der Waals surface area contributed by atoms with Gasteiger partial charge in [0.1, 0.15) is 24.2 Å². The molecule has 170 valence electrons. The Morgan fingerprint density at radius 2 is 1.97 bits per heavy atom. The molecule has 1 fully saturated rings. The van der Waals surface area contributed by atoms with Crippen LogP contribution in [0.3, 0.4) is 0 Å². The number of hydrogen-bond donors (Lipinski definition) is 5. The van der Waals surface area contributed by atoms with E-state index in [9.17, 15) is 29.7 Å². The van der Waals surface area contributed by atoms with E-state index in [1.165, 1.54) is 12.1 Å². The fraction of sp³-hybridized carbons (Fsp3) is 0.286. The van der Waals surface area contributed by atoms with Gasteiger partial charge in [0.05, 0.1) is 6.54 Å². The van der Waals surface area contributed by atoms with Crippen molar-refractivity contribution >= 4 is 34.7 Å². The molecular formula is C21H23N3O7S. The molecule has 0 aromatic heterocycles. The first-order valence-corrected chi connectivity index (χ1v) is 10.6. The Bertz CT molecular complexity index is 970. The topological polar surface area (TPSA) is 148 Å². The Kier molecular flexibility index (Phi) is 7.79. The zero-order valence-corrected chi connectivity index (χ0v) is 17.7. The molecule has 0 bridgehead atoms. The third kappa shape index (κ3) is 6.79. The third-order valence-corrected chi connectivity index (χ3v) is 5.46. The molecule has 2 aromatic carbocycles. The van der Waals surface area contributed by atoms with E-state index in [2.05, 4.69) is 10.6 Å². The number of thioether (sulfide) groups is 1. The van der Waals surface area contributed by atoms with Crippen LogP contribution in [0, 0.1) is 0 Å². The number of nitrogens with one attached hydrogen (secondary N) is 2. The molecule has 10 nitrogen and oxygen atoms in total. The zero-order valence-electron chi connectivity index (χ0n) is 16.9. The van der Waals surface area contributed by atoms with Crippen LogP contribution in [-0.2, 0) is 11.2 Å². The average molecular weight is 461 g/mol. The highest BCUT2D eigenvalue weighted by atomic mass is 32.2.